The van der Waals surface area contributed by atoms with Gasteiger partial charge in [-0.1, -0.05) is 13.3 Å². The van der Waals surface area contributed by atoms with Gasteiger partial charge in [0.2, 0.25) is 0 Å². The van der Waals surface area contributed by atoms with Crippen LogP contribution >= 0.6 is 0 Å². The molecule has 86 valence electrons. The summed E-state index contributed by atoms with van der Waals surface area (Å²) in [5.74, 6) is 2.63. The molecule has 16 heavy (non-hydrogen) atoms. The molecular formula is C13H19N3. The zero-order chi connectivity index (χ0) is 11.0. The molecule has 0 unspecified atom stereocenters. The Hall–Kier alpha value is -1.12. The van der Waals surface area contributed by atoms with Crippen LogP contribution in [0.15, 0.2) is 12.1 Å². The summed E-state index contributed by atoms with van der Waals surface area (Å²) in [5, 5.41) is 8.71. The molecule has 1 aliphatic heterocycles. The largest absolute Gasteiger partial charge is 0.355 e. The van der Waals surface area contributed by atoms with Crippen LogP contribution in [-0.2, 0) is 0 Å². The fraction of sp³-hybridized carbons (Fsp3) is 0.692. The Morgan fingerprint density at radius 3 is 2.69 bits per heavy atom. The summed E-state index contributed by atoms with van der Waals surface area (Å²) >= 11 is 0. The maximum absolute atomic E-state index is 4.37. The van der Waals surface area contributed by atoms with Gasteiger partial charge in [-0.2, -0.15) is 5.10 Å². The minimum Gasteiger partial charge on any atom is -0.355 e. The standard InChI is InChI=1S/C13H19N3/c1-2-10-7-8-16(9-10)13-6-5-12(14-15-13)11-3-4-11/h5-6,10-11H,2-4,7-9H2,1H3/t10-/m1/s1. The molecule has 1 saturated heterocycles. The monoisotopic (exact) mass is 217 g/mol. The normalized spacial score (nSPS) is 25.1. The SMILES string of the molecule is CC[C@@H]1CCN(c2ccc(C3CC3)nn2)C1. The second kappa shape index (κ2) is 4.04. The van der Waals surface area contributed by atoms with Crippen LogP contribution in [0.5, 0.6) is 0 Å². The van der Waals surface area contributed by atoms with E-state index in [0.29, 0.717) is 5.92 Å². The highest BCUT2D eigenvalue weighted by molar-refractivity contribution is 5.39. The van der Waals surface area contributed by atoms with Gasteiger partial charge in [0.1, 0.15) is 0 Å². The molecule has 1 aromatic rings. The molecule has 0 amide bonds. The maximum Gasteiger partial charge on any atom is 0.151 e. The number of anilines is 1. The van der Waals surface area contributed by atoms with Crippen LogP contribution in [-0.4, -0.2) is 23.3 Å². The van der Waals surface area contributed by atoms with E-state index in [-0.39, 0.29) is 0 Å². The van der Waals surface area contributed by atoms with Gasteiger partial charge in [0.25, 0.3) is 0 Å². The van der Waals surface area contributed by atoms with Gasteiger partial charge < -0.3 is 4.90 Å². The number of hydrogen-bond acceptors (Lipinski definition) is 3. The summed E-state index contributed by atoms with van der Waals surface area (Å²) in [7, 11) is 0. The van der Waals surface area contributed by atoms with Crippen molar-refractivity contribution < 1.29 is 0 Å². The van der Waals surface area contributed by atoms with Crippen LogP contribution in [0.4, 0.5) is 5.82 Å². The first-order valence-corrected chi connectivity index (χ1v) is 6.45. The van der Waals surface area contributed by atoms with E-state index in [0.717, 1.165) is 24.8 Å². The number of aromatic nitrogens is 2. The molecule has 3 nitrogen and oxygen atoms in total. The van der Waals surface area contributed by atoms with Crippen molar-refractivity contribution in [2.75, 3.05) is 18.0 Å². The van der Waals surface area contributed by atoms with E-state index in [2.05, 4.69) is 34.2 Å². The number of hydrogen-bond donors (Lipinski definition) is 0. The highest BCUT2D eigenvalue weighted by Crippen LogP contribution is 2.38. The van der Waals surface area contributed by atoms with E-state index in [9.17, 15) is 0 Å². The predicted octanol–water partition coefficient (Wildman–Crippen LogP) is 2.59. The van der Waals surface area contributed by atoms with E-state index < -0.39 is 0 Å². The molecular weight excluding hydrogens is 198 g/mol. The summed E-state index contributed by atoms with van der Waals surface area (Å²) in [4.78, 5) is 2.37. The van der Waals surface area contributed by atoms with E-state index in [1.165, 1.54) is 31.4 Å². The molecule has 1 atom stereocenters. The van der Waals surface area contributed by atoms with Crippen molar-refractivity contribution in [3.63, 3.8) is 0 Å². The fourth-order valence-electron chi connectivity index (χ4n) is 2.47. The molecule has 0 aromatic carbocycles. The van der Waals surface area contributed by atoms with Crippen molar-refractivity contribution in [2.24, 2.45) is 5.92 Å². The first kappa shape index (κ1) is 10.1. The molecule has 3 heteroatoms. The lowest BCUT2D eigenvalue weighted by Crippen LogP contribution is -2.21. The van der Waals surface area contributed by atoms with Crippen molar-refractivity contribution in [3.05, 3.63) is 17.8 Å². The average molecular weight is 217 g/mol. The summed E-state index contributed by atoms with van der Waals surface area (Å²) in [6, 6.07) is 4.32. The van der Waals surface area contributed by atoms with Gasteiger partial charge in [0.05, 0.1) is 5.69 Å². The van der Waals surface area contributed by atoms with E-state index >= 15 is 0 Å². The zero-order valence-corrected chi connectivity index (χ0v) is 9.89. The van der Waals surface area contributed by atoms with Crippen LogP contribution in [0.2, 0.25) is 0 Å². The minimum atomic E-state index is 0.712. The lowest BCUT2D eigenvalue weighted by Gasteiger charge is -2.16. The Morgan fingerprint density at radius 2 is 2.12 bits per heavy atom. The summed E-state index contributed by atoms with van der Waals surface area (Å²) in [5.41, 5.74) is 1.19. The Kier molecular flexibility index (Phi) is 2.54. The van der Waals surface area contributed by atoms with Crippen molar-refractivity contribution >= 4 is 5.82 Å². The van der Waals surface area contributed by atoms with Crippen molar-refractivity contribution in [1.82, 2.24) is 10.2 Å². The first-order valence-electron chi connectivity index (χ1n) is 6.45. The topological polar surface area (TPSA) is 29.0 Å². The molecule has 3 rings (SSSR count). The minimum absolute atomic E-state index is 0.712. The molecule has 0 bridgehead atoms. The third kappa shape index (κ3) is 1.91. The Morgan fingerprint density at radius 1 is 1.25 bits per heavy atom. The van der Waals surface area contributed by atoms with Gasteiger partial charge in [-0.3, -0.25) is 0 Å². The molecule has 2 aliphatic rings. The van der Waals surface area contributed by atoms with Crippen molar-refractivity contribution in [3.8, 4) is 0 Å². The van der Waals surface area contributed by atoms with Crippen LogP contribution in [0.3, 0.4) is 0 Å². The number of nitrogens with zero attached hydrogens (tertiary/aromatic N) is 3. The van der Waals surface area contributed by atoms with Gasteiger partial charge in [0.15, 0.2) is 5.82 Å². The van der Waals surface area contributed by atoms with Gasteiger partial charge in [-0.15, -0.1) is 5.10 Å². The van der Waals surface area contributed by atoms with Crippen LogP contribution in [0.25, 0.3) is 0 Å². The number of rotatable bonds is 3. The van der Waals surface area contributed by atoms with Gasteiger partial charge in [0, 0.05) is 19.0 Å². The van der Waals surface area contributed by atoms with Crippen LogP contribution < -0.4 is 4.90 Å². The molecule has 1 aromatic heterocycles. The predicted molar refractivity (Wildman–Crippen MR) is 64.6 cm³/mol. The average Bonchev–Trinajstić information content (AvgIpc) is 3.07. The second-order valence-corrected chi connectivity index (χ2v) is 5.10. The summed E-state index contributed by atoms with van der Waals surface area (Å²) in [6.45, 7) is 4.58. The Labute approximate surface area is 96.9 Å². The highest BCUT2D eigenvalue weighted by atomic mass is 15.3. The molecule has 0 radical (unpaired) electrons. The van der Waals surface area contributed by atoms with Gasteiger partial charge in [-0.25, -0.2) is 0 Å². The molecule has 0 N–H and O–H groups in total. The lowest BCUT2D eigenvalue weighted by atomic mass is 10.1. The molecule has 2 fully saturated rings. The quantitative estimate of drug-likeness (QED) is 0.779. The zero-order valence-electron chi connectivity index (χ0n) is 9.89. The third-order valence-electron chi connectivity index (χ3n) is 3.85. The molecule has 2 heterocycles. The summed E-state index contributed by atoms with van der Waals surface area (Å²) in [6.07, 6.45) is 5.19. The fourth-order valence-corrected chi connectivity index (χ4v) is 2.47. The van der Waals surface area contributed by atoms with E-state index in [1.807, 2.05) is 0 Å². The lowest BCUT2D eigenvalue weighted by molar-refractivity contribution is 0.568. The summed E-state index contributed by atoms with van der Waals surface area (Å²) < 4.78 is 0. The van der Waals surface area contributed by atoms with E-state index in [4.69, 9.17) is 0 Å². The second-order valence-electron chi connectivity index (χ2n) is 5.10. The Bertz CT molecular complexity index is 356. The van der Waals surface area contributed by atoms with E-state index in [1.54, 1.807) is 0 Å². The van der Waals surface area contributed by atoms with Crippen molar-refractivity contribution in [2.45, 2.75) is 38.5 Å². The van der Waals surface area contributed by atoms with Gasteiger partial charge in [-0.05, 0) is 37.3 Å². The van der Waals surface area contributed by atoms with Gasteiger partial charge >= 0.3 is 0 Å². The first-order chi connectivity index (χ1) is 7.86. The van der Waals surface area contributed by atoms with Crippen LogP contribution in [0, 0.1) is 5.92 Å². The molecule has 1 saturated carbocycles. The highest BCUT2D eigenvalue weighted by Gasteiger charge is 2.26. The smallest absolute Gasteiger partial charge is 0.151 e. The maximum atomic E-state index is 4.37. The van der Waals surface area contributed by atoms with Crippen LogP contribution in [0.1, 0.15) is 44.2 Å². The van der Waals surface area contributed by atoms with Crippen molar-refractivity contribution in [1.29, 1.82) is 0 Å². The third-order valence-corrected chi connectivity index (χ3v) is 3.85. The molecule has 0 spiro atoms. The molecule has 1 aliphatic carbocycles. The Balaban J connectivity index is 1.69.